The van der Waals surface area contributed by atoms with Crippen molar-refractivity contribution in [1.82, 2.24) is 14.8 Å². The lowest BCUT2D eigenvalue weighted by molar-refractivity contribution is -0.129. The third-order valence-corrected chi connectivity index (χ3v) is 8.62. The van der Waals surface area contributed by atoms with E-state index in [2.05, 4.69) is 35.4 Å². The van der Waals surface area contributed by atoms with Crippen molar-refractivity contribution in [2.75, 3.05) is 49.6 Å². The topological polar surface area (TPSA) is 75.9 Å². The number of anilines is 2. The molecule has 41 heavy (non-hydrogen) atoms. The summed E-state index contributed by atoms with van der Waals surface area (Å²) in [6.45, 7) is 10.8. The van der Waals surface area contributed by atoms with Gasteiger partial charge < -0.3 is 24.3 Å². The second-order valence-electron chi connectivity index (χ2n) is 11.2. The summed E-state index contributed by atoms with van der Waals surface area (Å²) in [5.41, 5.74) is 4.28. The first-order valence-electron chi connectivity index (χ1n) is 14.2. The minimum absolute atomic E-state index is 0.205. The Morgan fingerprint density at radius 3 is 2.76 bits per heavy atom. The van der Waals surface area contributed by atoms with Crippen molar-refractivity contribution in [1.29, 1.82) is 5.26 Å². The number of pyridine rings is 1. The number of benzene rings is 1. The lowest BCUT2D eigenvalue weighted by atomic mass is 9.96. The summed E-state index contributed by atoms with van der Waals surface area (Å²) < 4.78 is 21.3. The van der Waals surface area contributed by atoms with Crippen molar-refractivity contribution >= 4 is 17.3 Å². The molecule has 3 atom stereocenters. The van der Waals surface area contributed by atoms with Crippen LogP contribution in [-0.2, 0) is 17.8 Å². The second kappa shape index (κ2) is 11.8. The lowest BCUT2D eigenvalue weighted by Gasteiger charge is -2.45. The Balaban J connectivity index is 1.57. The van der Waals surface area contributed by atoms with Crippen LogP contribution in [0.4, 0.5) is 15.8 Å². The van der Waals surface area contributed by atoms with E-state index >= 15 is 0 Å². The molecule has 2 fully saturated rings. The van der Waals surface area contributed by atoms with Crippen molar-refractivity contribution in [3.63, 3.8) is 0 Å². The molecule has 0 aliphatic carbocycles. The fourth-order valence-corrected chi connectivity index (χ4v) is 6.55. The van der Waals surface area contributed by atoms with Gasteiger partial charge >= 0.3 is 0 Å². The summed E-state index contributed by atoms with van der Waals surface area (Å²) in [6, 6.07) is 7.04. The summed E-state index contributed by atoms with van der Waals surface area (Å²) in [5, 5.41) is 10.5. The first-order chi connectivity index (χ1) is 19.8. The number of carbonyl (C=O) groups is 1. The predicted octanol–water partition coefficient (Wildman–Crippen LogP) is 3.66. The van der Waals surface area contributed by atoms with Crippen molar-refractivity contribution in [2.24, 2.45) is 0 Å². The van der Waals surface area contributed by atoms with E-state index in [0.29, 0.717) is 56.3 Å². The van der Waals surface area contributed by atoms with E-state index in [4.69, 9.17) is 16.1 Å². The summed E-state index contributed by atoms with van der Waals surface area (Å²) in [6.07, 6.45) is 9.91. The van der Waals surface area contributed by atoms with E-state index in [1.54, 1.807) is 11.0 Å². The number of carbonyl (C=O) groups excluding carboxylic acids is 1. The molecule has 3 aliphatic rings. The fourth-order valence-electron chi connectivity index (χ4n) is 6.55. The zero-order chi connectivity index (χ0) is 29.3. The average Bonchev–Trinajstić information content (AvgIpc) is 3.38. The zero-order valence-electron chi connectivity index (χ0n) is 24.1. The number of fused-ring (bicyclic) bond motifs is 1. The molecule has 1 aromatic carbocycles. The number of nitriles is 1. The van der Waals surface area contributed by atoms with Crippen LogP contribution >= 0.6 is 0 Å². The second-order valence-corrected chi connectivity index (χ2v) is 11.2. The first kappa shape index (κ1) is 28.4. The van der Waals surface area contributed by atoms with Crippen LogP contribution in [0, 0.1) is 36.4 Å². The van der Waals surface area contributed by atoms with Gasteiger partial charge in [0.25, 0.3) is 0 Å². The Morgan fingerprint density at radius 1 is 1.29 bits per heavy atom. The number of aryl methyl sites for hydroxylation is 1. The van der Waals surface area contributed by atoms with Gasteiger partial charge in [0.1, 0.15) is 30.1 Å². The van der Waals surface area contributed by atoms with E-state index < -0.39 is 6.04 Å². The summed E-state index contributed by atoms with van der Waals surface area (Å²) in [4.78, 5) is 25.6. The Kier molecular flexibility index (Phi) is 8.19. The van der Waals surface area contributed by atoms with Crippen LogP contribution < -0.4 is 14.5 Å². The van der Waals surface area contributed by atoms with E-state index in [9.17, 15) is 14.4 Å². The molecule has 3 aliphatic heterocycles. The highest BCUT2D eigenvalue weighted by Crippen LogP contribution is 2.39. The van der Waals surface area contributed by atoms with Crippen LogP contribution in [-0.4, -0.2) is 78.7 Å². The monoisotopic (exact) mass is 556 g/mol. The SMILES string of the molecule is C#C[C@H]1CN(c2c(C#N)c(OC[C@@H]3CCCN3C)nc3c2CCN(c2c(C)cccc2F)C3)C[C@@H](C)N1C(=O)C=C. The van der Waals surface area contributed by atoms with Crippen LogP contribution in [0.15, 0.2) is 30.9 Å². The molecule has 1 aromatic heterocycles. The molecule has 2 saturated heterocycles. The Labute approximate surface area is 242 Å². The number of likely N-dealkylation sites (tertiary alicyclic amines) is 1. The standard InChI is InChI=1S/C32H37FN6O2/c1-6-23-18-38(17-22(4)39(23)29(40)7-2)31-25-13-15-37(30-21(3)10-8-12-27(30)33)19-28(25)35-32(26(31)16-34)41-20-24-11-9-14-36(24)5/h1,7-8,10,12,22-24H,2,9,11,13-15,17-20H2,3-5H3/t22-,23+,24+/m1/s1. The molecule has 2 aromatic rings. The molecule has 0 radical (unpaired) electrons. The molecular formula is C32H37FN6O2. The lowest BCUT2D eigenvalue weighted by Crippen LogP contribution is -2.59. The van der Waals surface area contributed by atoms with E-state index in [-0.39, 0.29) is 23.8 Å². The number of amides is 1. The summed E-state index contributed by atoms with van der Waals surface area (Å²) in [7, 11) is 2.08. The zero-order valence-corrected chi connectivity index (χ0v) is 24.1. The number of hydrogen-bond donors (Lipinski definition) is 0. The minimum atomic E-state index is -0.489. The maximum absolute atomic E-state index is 15.0. The third-order valence-electron chi connectivity index (χ3n) is 8.62. The van der Waals surface area contributed by atoms with E-state index in [1.807, 2.05) is 24.8 Å². The molecule has 8 nitrogen and oxygen atoms in total. The molecular weight excluding hydrogens is 519 g/mol. The van der Waals surface area contributed by atoms with Crippen molar-refractivity contribution in [3.05, 3.63) is 59.1 Å². The number of nitrogens with zero attached hydrogens (tertiary/aromatic N) is 6. The smallest absolute Gasteiger partial charge is 0.247 e. The van der Waals surface area contributed by atoms with Gasteiger partial charge in [-0.25, -0.2) is 9.37 Å². The maximum atomic E-state index is 15.0. The maximum Gasteiger partial charge on any atom is 0.247 e. The molecule has 214 valence electrons. The van der Waals surface area contributed by atoms with Crippen LogP contribution in [0.25, 0.3) is 0 Å². The fraction of sp³-hybridized carbons (Fsp3) is 0.469. The van der Waals surface area contributed by atoms with Crippen molar-refractivity contribution < 1.29 is 13.9 Å². The molecule has 0 spiro atoms. The van der Waals surface area contributed by atoms with Gasteiger partial charge in [0.15, 0.2) is 0 Å². The normalized spacial score (nSPS) is 22.6. The molecule has 0 unspecified atom stereocenters. The molecule has 0 saturated carbocycles. The van der Waals surface area contributed by atoms with Crippen LogP contribution in [0.3, 0.4) is 0 Å². The highest BCUT2D eigenvalue weighted by molar-refractivity contribution is 5.88. The van der Waals surface area contributed by atoms with Gasteiger partial charge in [-0.15, -0.1) is 6.42 Å². The first-order valence-corrected chi connectivity index (χ1v) is 14.2. The van der Waals surface area contributed by atoms with Crippen LogP contribution in [0.5, 0.6) is 5.88 Å². The number of rotatable bonds is 6. The highest BCUT2D eigenvalue weighted by Gasteiger charge is 2.38. The van der Waals surface area contributed by atoms with Crippen molar-refractivity contribution in [3.8, 4) is 24.3 Å². The van der Waals surface area contributed by atoms with Gasteiger partial charge in [-0.2, -0.15) is 5.26 Å². The number of hydrogen-bond acceptors (Lipinski definition) is 7. The minimum Gasteiger partial charge on any atom is -0.475 e. The van der Waals surface area contributed by atoms with Gasteiger partial charge in [0, 0.05) is 37.3 Å². The van der Waals surface area contributed by atoms with Gasteiger partial charge in [0.05, 0.1) is 23.6 Å². The number of aromatic nitrogens is 1. The van der Waals surface area contributed by atoms with E-state index in [1.165, 1.54) is 12.1 Å². The quantitative estimate of drug-likeness (QED) is 0.397. The number of likely N-dealkylation sites (N-methyl/N-ethyl adjacent to an activating group) is 1. The molecule has 9 heteroatoms. The number of ether oxygens (including phenoxy) is 1. The summed E-state index contributed by atoms with van der Waals surface area (Å²) in [5.74, 6) is 2.59. The Hall–Kier alpha value is -4.08. The van der Waals surface area contributed by atoms with Gasteiger partial charge in [0.2, 0.25) is 11.8 Å². The Bertz CT molecular complexity index is 1410. The third kappa shape index (κ3) is 5.35. The van der Waals surface area contributed by atoms with Crippen molar-refractivity contribution in [2.45, 2.75) is 57.8 Å². The number of para-hydroxylation sites is 1. The average molecular weight is 557 g/mol. The number of piperazine rings is 1. The largest absolute Gasteiger partial charge is 0.475 e. The Morgan fingerprint density at radius 2 is 2.10 bits per heavy atom. The van der Waals surface area contributed by atoms with E-state index in [0.717, 1.165) is 41.9 Å². The number of halogens is 1. The number of terminal acetylenes is 1. The molecule has 5 rings (SSSR count). The van der Waals surface area contributed by atoms with Gasteiger partial charge in [-0.05, 0) is 64.4 Å². The highest BCUT2D eigenvalue weighted by atomic mass is 19.1. The summed E-state index contributed by atoms with van der Waals surface area (Å²) >= 11 is 0. The molecule has 0 N–H and O–H groups in total. The van der Waals surface area contributed by atoms with Crippen LogP contribution in [0.2, 0.25) is 0 Å². The molecule has 1 amide bonds. The molecule has 0 bridgehead atoms. The predicted molar refractivity (Wildman–Crippen MR) is 157 cm³/mol. The van der Waals surface area contributed by atoms with Gasteiger partial charge in [-0.3, -0.25) is 4.79 Å². The molecule has 4 heterocycles. The van der Waals surface area contributed by atoms with Gasteiger partial charge in [-0.1, -0.05) is 24.6 Å². The van der Waals surface area contributed by atoms with Crippen LogP contribution in [0.1, 0.15) is 42.1 Å².